The maximum atomic E-state index is 12.7. The van der Waals surface area contributed by atoms with E-state index in [9.17, 15) is 4.79 Å². The first-order valence-electron chi connectivity index (χ1n) is 8.14. The third-order valence-corrected chi connectivity index (χ3v) is 4.93. The van der Waals surface area contributed by atoms with Crippen molar-refractivity contribution in [3.8, 4) is 0 Å². The van der Waals surface area contributed by atoms with E-state index in [4.69, 9.17) is 10.5 Å². The van der Waals surface area contributed by atoms with E-state index >= 15 is 0 Å². The molecule has 4 heteroatoms. The maximum Gasteiger partial charge on any atom is 0.251 e. The number of nitrogens with zero attached hydrogens (tertiary/aromatic N) is 1. The molecule has 2 fully saturated rings. The summed E-state index contributed by atoms with van der Waals surface area (Å²) in [5.74, 6) is 0.166. The van der Waals surface area contributed by atoms with Crippen LogP contribution in [0, 0.1) is 5.41 Å². The molecule has 0 aromatic rings. The molecule has 1 saturated heterocycles. The van der Waals surface area contributed by atoms with Crippen molar-refractivity contribution in [2.75, 3.05) is 13.1 Å². The molecule has 2 atom stereocenters. The van der Waals surface area contributed by atoms with Gasteiger partial charge in [-0.2, -0.15) is 0 Å². The van der Waals surface area contributed by atoms with Gasteiger partial charge in [0.2, 0.25) is 0 Å². The molecule has 0 aromatic heterocycles. The molecule has 2 N–H and O–H groups in total. The lowest BCUT2D eigenvalue weighted by Gasteiger charge is -2.43. The molecule has 2 rings (SSSR count). The van der Waals surface area contributed by atoms with Crippen molar-refractivity contribution in [2.45, 2.75) is 77.5 Å². The highest BCUT2D eigenvalue weighted by Crippen LogP contribution is 2.29. The topological polar surface area (TPSA) is 55.6 Å². The van der Waals surface area contributed by atoms with Crippen LogP contribution in [0.25, 0.3) is 0 Å². The largest absolute Gasteiger partial charge is 0.365 e. The smallest absolute Gasteiger partial charge is 0.251 e. The lowest BCUT2D eigenvalue weighted by atomic mass is 9.79. The summed E-state index contributed by atoms with van der Waals surface area (Å²) in [6, 6.07) is 0.183. The van der Waals surface area contributed by atoms with Crippen molar-refractivity contribution in [2.24, 2.45) is 11.1 Å². The lowest BCUT2D eigenvalue weighted by Crippen LogP contribution is -2.56. The fraction of sp³-hybridized carbons (Fsp3) is 0.938. The number of amides is 1. The summed E-state index contributed by atoms with van der Waals surface area (Å²) in [5, 5.41) is 0. The summed E-state index contributed by atoms with van der Waals surface area (Å²) in [5.41, 5.74) is 6.15. The van der Waals surface area contributed by atoms with Gasteiger partial charge in [-0.15, -0.1) is 0 Å². The van der Waals surface area contributed by atoms with Gasteiger partial charge in [-0.1, -0.05) is 33.6 Å². The molecular formula is C16H30N2O2. The Morgan fingerprint density at radius 1 is 1.35 bits per heavy atom. The quantitative estimate of drug-likeness (QED) is 0.861. The third-order valence-electron chi connectivity index (χ3n) is 4.93. The van der Waals surface area contributed by atoms with Crippen LogP contribution >= 0.6 is 0 Å². The predicted molar refractivity (Wildman–Crippen MR) is 80.4 cm³/mol. The van der Waals surface area contributed by atoms with Crippen LogP contribution in [0.5, 0.6) is 0 Å². The SMILES string of the molecule is CCC(OC1CCCC1)C(=O)N1CCC(N)C(C)(C)C1. The number of hydrogen-bond acceptors (Lipinski definition) is 3. The van der Waals surface area contributed by atoms with Gasteiger partial charge >= 0.3 is 0 Å². The molecule has 2 aliphatic rings. The van der Waals surface area contributed by atoms with E-state index in [-0.39, 0.29) is 23.5 Å². The molecule has 20 heavy (non-hydrogen) atoms. The standard InChI is InChI=1S/C16H30N2O2/c1-4-13(20-12-7-5-6-8-12)15(19)18-10-9-14(17)16(2,3)11-18/h12-14H,4-11,17H2,1-3H3. The predicted octanol–water partition coefficient (Wildman–Crippen LogP) is 2.31. The Hall–Kier alpha value is -0.610. The molecule has 2 unspecified atom stereocenters. The number of hydrogen-bond donors (Lipinski definition) is 1. The molecule has 0 spiro atoms. The second-order valence-corrected chi connectivity index (χ2v) is 7.08. The van der Waals surface area contributed by atoms with Crippen molar-refractivity contribution in [1.82, 2.24) is 4.90 Å². The van der Waals surface area contributed by atoms with Gasteiger partial charge in [0.1, 0.15) is 6.10 Å². The average Bonchev–Trinajstić information content (AvgIpc) is 2.91. The lowest BCUT2D eigenvalue weighted by molar-refractivity contribution is -0.151. The van der Waals surface area contributed by atoms with Crippen molar-refractivity contribution in [3.05, 3.63) is 0 Å². The van der Waals surface area contributed by atoms with E-state index in [1.54, 1.807) is 0 Å². The van der Waals surface area contributed by atoms with Crippen LogP contribution < -0.4 is 5.73 Å². The van der Waals surface area contributed by atoms with Gasteiger partial charge in [-0.25, -0.2) is 0 Å². The Bertz CT molecular complexity index is 337. The van der Waals surface area contributed by atoms with E-state index in [1.165, 1.54) is 12.8 Å². The first kappa shape index (κ1) is 15.8. The first-order valence-corrected chi connectivity index (χ1v) is 8.14. The molecule has 0 radical (unpaired) electrons. The van der Waals surface area contributed by atoms with Crippen LogP contribution in [0.15, 0.2) is 0 Å². The molecule has 4 nitrogen and oxygen atoms in total. The summed E-state index contributed by atoms with van der Waals surface area (Å²) >= 11 is 0. The summed E-state index contributed by atoms with van der Waals surface area (Å²) in [4.78, 5) is 14.6. The number of ether oxygens (including phenoxy) is 1. The highest BCUT2D eigenvalue weighted by molar-refractivity contribution is 5.81. The van der Waals surface area contributed by atoms with E-state index in [0.29, 0.717) is 6.10 Å². The number of rotatable bonds is 4. The van der Waals surface area contributed by atoms with Gasteiger partial charge in [-0.3, -0.25) is 4.79 Å². The van der Waals surface area contributed by atoms with E-state index in [0.717, 1.165) is 38.8 Å². The Balaban J connectivity index is 1.94. The van der Waals surface area contributed by atoms with Gasteiger partial charge in [0, 0.05) is 19.1 Å². The van der Waals surface area contributed by atoms with Gasteiger partial charge in [0.25, 0.3) is 5.91 Å². The van der Waals surface area contributed by atoms with Crippen molar-refractivity contribution in [3.63, 3.8) is 0 Å². The Labute approximate surface area is 123 Å². The number of nitrogens with two attached hydrogens (primary N) is 1. The van der Waals surface area contributed by atoms with Crippen LogP contribution in [-0.2, 0) is 9.53 Å². The van der Waals surface area contributed by atoms with Crippen molar-refractivity contribution >= 4 is 5.91 Å². The van der Waals surface area contributed by atoms with Crippen LogP contribution in [-0.4, -0.2) is 42.1 Å². The Kier molecular flexibility index (Phi) is 5.08. The molecule has 1 aliphatic heterocycles. The van der Waals surface area contributed by atoms with Crippen molar-refractivity contribution in [1.29, 1.82) is 0 Å². The molecule has 0 bridgehead atoms. The normalized spacial score (nSPS) is 28.6. The van der Waals surface area contributed by atoms with E-state index in [1.807, 2.05) is 11.8 Å². The van der Waals surface area contributed by atoms with Gasteiger partial charge in [0.05, 0.1) is 6.10 Å². The summed E-state index contributed by atoms with van der Waals surface area (Å²) in [6.07, 6.45) is 6.38. The fourth-order valence-corrected chi connectivity index (χ4v) is 3.35. The Morgan fingerprint density at radius 3 is 2.55 bits per heavy atom. The van der Waals surface area contributed by atoms with Crippen LogP contribution in [0.3, 0.4) is 0 Å². The van der Waals surface area contributed by atoms with Crippen molar-refractivity contribution < 1.29 is 9.53 Å². The molecule has 1 heterocycles. The molecule has 1 aliphatic carbocycles. The molecular weight excluding hydrogens is 252 g/mol. The highest BCUT2D eigenvalue weighted by atomic mass is 16.5. The third kappa shape index (κ3) is 3.53. The fourth-order valence-electron chi connectivity index (χ4n) is 3.35. The van der Waals surface area contributed by atoms with Gasteiger partial charge < -0.3 is 15.4 Å². The second-order valence-electron chi connectivity index (χ2n) is 7.08. The summed E-state index contributed by atoms with van der Waals surface area (Å²) in [6.45, 7) is 7.86. The average molecular weight is 282 g/mol. The molecule has 1 amide bonds. The Morgan fingerprint density at radius 2 is 2.00 bits per heavy atom. The number of piperidine rings is 1. The monoisotopic (exact) mass is 282 g/mol. The maximum absolute atomic E-state index is 12.7. The number of carbonyl (C=O) groups excluding carboxylic acids is 1. The highest BCUT2D eigenvalue weighted by Gasteiger charge is 2.37. The van der Waals surface area contributed by atoms with Gasteiger partial charge in [0.15, 0.2) is 0 Å². The molecule has 0 aromatic carbocycles. The number of likely N-dealkylation sites (tertiary alicyclic amines) is 1. The summed E-state index contributed by atoms with van der Waals surface area (Å²) in [7, 11) is 0. The second kappa shape index (κ2) is 6.44. The van der Waals surface area contributed by atoms with E-state index < -0.39 is 0 Å². The van der Waals surface area contributed by atoms with Crippen LogP contribution in [0.2, 0.25) is 0 Å². The zero-order valence-electron chi connectivity index (χ0n) is 13.2. The van der Waals surface area contributed by atoms with Gasteiger partial charge in [-0.05, 0) is 31.1 Å². The molecule has 1 saturated carbocycles. The zero-order chi connectivity index (χ0) is 14.8. The first-order chi connectivity index (χ1) is 9.44. The van der Waals surface area contributed by atoms with Crippen LogP contribution in [0.4, 0.5) is 0 Å². The zero-order valence-corrected chi connectivity index (χ0v) is 13.2. The minimum atomic E-state index is -0.261. The van der Waals surface area contributed by atoms with E-state index in [2.05, 4.69) is 13.8 Å². The summed E-state index contributed by atoms with van der Waals surface area (Å²) < 4.78 is 6.05. The van der Waals surface area contributed by atoms with Crippen LogP contribution in [0.1, 0.15) is 59.3 Å². The minimum Gasteiger partial charge on any atom is -0.365 e. The number of carbonyl (C=O) groups is 1. The molecule has 116 valence electrons. The minimum absolute atomic E-state index is 0.000437.